The van der Waals surface area contributed by atoms with E-state index in [1.807, 2.05) is 12.1 Å². The van der Waals surface area contributed by atoms with E-state index >= 15 is 0 Å². The smallest absolute Gasteiger partial charge is 0.304 e. The van der Waals surface area contributed by atoms with E-state index in [-0.39, 0.29) is 16.4 Å². The van der Waals surface area contributed by atoms with Gasteiger partial charge in [0.1, 0.15) is 5.54 Å². The molecule has 2 heterocycles. The second kappa shape index (κ2) is 7.85. The molecule has 1 fully saturated rings. The second-order valence-electron chi connectivity index (χ2n) is 8.33. The molecule has 0 saturated carbocycles. The van der Waals surface area contributed by atoms with Crippen LogP contribution < -0.4 is 9.80 Å². The van der Waals surface area contributed by atoms with Crippen LogP contribution in [0.2, 0.25) is 0 Å². The number of hydrogen-bond donors (Lipinski definition) is 0. The number of carbonyl (C=O) groups excluding carboxylic acids is 1. The van der Waals surface area contributed by atoms with Gasteiger partial charge in [0.2, 0.25) is 0 Å². The molecule has 0 radical (unpaired) electrons. The Kier molecular flexibility index (Phi) is 5.41. The number of carbonyl (C=O) groups is 1. The topological polar surface area (TPSA) is 65.2 Å². The van der Waals surface area contributed by atoms with Crippen LogP contribution in [-0.4, -0.2) is 26.3 Å². The molecule has 33 heavy (non-hydrogen) atoms. The van der Waals surface area contributed by atoms with E-state index < -0.39 is 23.2 Å². The average Bonchev–Trinajstić information content (AvgIpc) is 3.21. The lowest BCUT2D eigenvalue weighted by Gasteiger charge is -2.29. The number of nitrogens with zero attached hydrogens (tertiary/aromatic N) is 5. The van der Waals surface area contributed by atoms with Gasteiger partial charge in [-0.1, -0.05) is 6.07 Å². The maximum atomic E-state index is 13.5. The molecule has 0 spiro atoms. The molecule has 170 valence electrons. The SMILES string of the molecule is Cc1ccc(N2C(=O)C(C)(C)N(c3ccc4c(cnn4CCC#N)c3)C2=S)cc1C(F)(F)F. The maximum absolute atomic E-state index is 13.5. The average molecular weight is 472 g/mol. The van der Waals surface area contributed by atoms with E-state index in [4.69, 9.17) is 17.5 Å². The Hall–Kier alpha value is -3.45. The molecule has 0 aliphatic carbocycles. The summed E-state index contributed by atoms with van der Waals surface area (Å²) in [6.07, 6.45) is -2.56. The molecule has 0 atom stereocenters. The minimum absolute atomic E-state index is 0.0683. The van der Waals surface area contributed by atoms with Gasteiger partial charge in [-0.2, -0.15) is 23.5 Å². The van der Waals surface area contributed by atoms with Crippen molar-refractivity contribution in [1.82, 2.24) is 9.78 Å². The van der Waals surface area contributed by atoms with Gasteiger partial charge in [0, 0.05) is 11.1 Å². The summed E-state index contributed by atoms with van der Waals surface area (Å²) in [7, 11) is 0. The van der Waals surface area contributed by atoms with Gasteiger partial charge in [0.15, 0.2) is 5.11 Å². The lowest BCUT2D eigenvalue weighted by Crippen LogP contribution is -2.44. The zero-order valence-electron chi connectivity index (χ0n) is 18.1. The normalized spacial score (nSPS) is 16.0. The number of thiocarbonyl (C=S) groups is 1. The highest BCUT2D eigenvalue weighted by molar-refractivity contribution is 7.81. The molecule has 4 rings (SSSR count). The highest BCUT2D eigenvalue weighted by Crippen LogP contribution is 2.40. The lowest BCUT2D eigenvalue weighted by atomic mass is 10.0. The van der Waals surface area contributed by atoms with E-state index in [0.29, 0.717) is 18.7 Å². The fourth-order valence-electron chi connectivity index (χ4n) is 4.06. The molecule has 10 heteroatoms. The monoisotopic (exact) mass is 471 g/mol. The fourth-order valence-corrected chi connectivity index (χ4v) is 4.58. The molecular formula is C23H20F3N5OS. The Morgan fingerprint density at radius 3 is 2.52 bits per heavy atom. The van der Waals surface area contributed by atoms with E-state index in [1.54, 1.807) is 35.7 Å². The van der Waals surface area contributed by atoms with Gasteiger partial charge in [0.05, 0.1) is 42.0 Å². The Labute approximate surface area is 193 Å². The highest BCUT2D eigenvalue weighted by Gasteiger charge is 2.50. The van der Waals surface area contributed by atoms with Crippen LogP contribution in [-0.2, 0) is 17.5 Å². The van der Waals surface area contributed by atoms with Crippen molar-refractivity contribution in [3.63, 3.8) is 0 Å². The van der Waals surface area contributed by atoms with Crippen LogP contribution in [0.3, 0.4) is 0 Å². The molecule has 0 bridgehead atoms. The Balaban J connectivity index is 1.75. The second-order valence-corrected chi connectivity index (χ2v) is 8.70. The third kappa shape index (κ3) is 3.72. The molecule has 1 aliphatic heterocycles. The van der Waals surface area contributed by atoms with Gasteiger partial charge in [-0.15, -0.1) is 0 Å². The van der Waals surface area contributed by atoms with Gasteiger partial charge < -0.3 is 4.90 Å². The zero-order valence-corrected chi connectivity index (χ0v) is 19.0. The van der Waals surface area contributed by atoms with Crippen LogP contribution in [0.5, 0.6) is 0 Å². The van der Waals surface area contributed by atoms with Crippen LogP contribution in [0.4, 0.5) is 24.5 Å². The summed E-state index contributed by atoms with van der Waals surface area (Å²) in [5.74, 6) is -0.422. The quantitative estimate of drug-likeness (QED) is 0.490. The predicted molar refractivity (Wildman–Crippen MR) is 123 cm³/mol. The fraction of sp³-hybridized carbons (Fsp3) is 0.304. The number of amides is 1. The Morgan fingerprint density at radius 1 is 1.15 bits per heavy atom. The predicted octanol–water partition coefficient (Wildman–Crippen LogP) is 5.19. The summed E-state index contributed by atoms with van der Waals surface area (Å²) in [6, 6.07) is 11.3. The zero-order chi connectivity index (χ0) is 24.1. The molecule has 3 aromatic rings. The number of aryl methyl sites for hydroxylation is 2. The summed E-state index contributed by atoms with van der Waals surface area (Å²) in [5, 5.41) is 14.0. The van der Waals surface area contributed by atoms with Crippen molar-refractivity contribution in [1.29, 1.82) is 5.26 Å². The molecule has 2 aromatic carbocycles. The first-order valence-electron chi connectivity index (χ1n) is 10.2. The number of rotatable bonds is 4. The van der Waals surface area contributed by atoms with Crippen LogP contribution in [0.1, 0.15) is 31.4 Å². The molecule has 1 amide bonds. The Bertz CT molecular complexity index is 1320. The molecular weight excluding hydrogens is 451 g/mol. The number of nitriles is 1. The number of anilines is 2. The molecule has 6 nitrogen and oxygen atoms in total. The van der Waals surface area contributed by atoms with Gasteiger partial charge in [-0.05, 0) is 68.9 Å². The number of halogens is 3. The number of fused-ring (bicyclic) bond motifs is 1. The summed E-state index contributed by atoms with van der Waals surface area (Å²) in [5.41, 5.74) is -0.337. The molecule has 1 aromatic heterocycles. The van der Waals surface area contributed by atoms with E-state index in [9.17, 15) is 18.0 Å². The van der Waals surface area contributed by atoms with Crippen molar-refractivity contribution in [3.8, 4) is 6.07 Å². The van der Waals surface area contributed by atoms with Crippen LogP contribution >= 0.6 is 12.2 Å². The van der Waals surface area contributed by atoms with Crippen molar-refractivity contribution in [2.75, 3.05) is 9.80 Å². The van der Waals surface area contributed by atoms with Gasteiger partial charge in [-0.25, -0.2) is 0 Å². The Morgan fingerprint density at radius 2 is 1.85 bits per heavy atom. The lowest BCUT2D eigenvalue weighted by molar-refractivity contribution is -0.138. The maximum Gasteiger partial charge on any atom is 0.416 e. The van der Waals surface area contributed by atoms with Crippen LogP contribution in [0, 0.1) is 18.3 Å². The van der Waals surface area contributed by atoms with Crippen LogP contribution in [0.15, 0.2) is 42.6 Å². The van der Waals surface area contributed by atoms with Crippen molar-refractivity contribution in [2.45, 2.75) is 45.5 Å². The summed E-state index contributed by atoms with van der Waals surface area (Å²) in [4.78, 5) is 16.1. The first-order chi connectivity index (χ1) is 15.5. The summed E-state index contributed by atoms with van der Waals surface area (Å²) < 4.78 is 42.1. The minimum atomic E-state index is -4.55. The largest absolute Gasteiger partial charge is 0.416 e. The summed E-state index contributed by atoms with van der Waals surface area (Å²) >= 11 is 5.60. The standard InChI is InChI=1S/C23H20F3N5OS/c1-14-5-6-16(12-18(14)23(24,25)26)30-20(32)22(2,3)31(21(30)33)17-7-8-19-15(11-17)13-28-29(19)10-4-9-27/h5-8,11-13H,4,10H2,1-3H3. The van der Waals surface area contributed by atoms with Crippen molar-refractivity contribution in [2.24, 2.45) is 0 Å². The molecule has 1 saturated heterocycles. The molecule has 0 unspecified atom stereocenters. The molecule has 0 N–H and O–H groups in total. The number of aromatic nitrogens is 2. The van der Waals surface area contributed by atoms with E-state index in [0.717, 1.165) is 21.9 Å². The van der Waals surface area contributed by atoms with Gasteiger partial charge in [0.25, 0.3) is 5.91 Å². The first-order valence-corrected chi connectivity index (χ1v) is 10.6. The van der Waals surface area contributed by atoms with Crippen molar-refractivity contribution < 1.29 is 18.0 Å². The number of hydrogen-bond acceptors (Lipinski definition) is 4. The van der Waals surface area contributed by atoms with E-state index in [2.05, 4.69) is 11.2 Å². The van der Waals surface area contributed by atoms with Crippen molar-refractivity contribution >= 4 is 45.5 Å². The third-order valence-corrected chi connectivity index (χ3v) is 6.14. The van der Waals surface area contributed by atoms with E-state index in [1.165, 1.54) is 19.1 Å². The first kappa shape index (κ1) is 22.7. The van der Waals surface area contributed by atoms with Gasteiger partial charge in [-0.3, -0.25) is 14.4 Å². The van der Waals surface area contributed by atoms with Crippen molar-refractivity contribution in [3.05, 3.63) is 53.7 Å². The molecule has 1 aliphatic rings. The number of alkyl halides is 3. The highest BCUT2D eigenvalue weighted by atomic mass is 32.1. The van der Waals surface area contributed by atoms with Gasteiger partial charge >= 0.3 is 6.18 Å². The number of benzene rings is 2. The summed E-state index contributed by atoms with van der Waals surface area (Å²) in [6.45, 7) is 5.19. The third-order valence-electron chi connectivity index (χ3n) is 5.77. The minimum Gasteiger partial charge on any atom is -0.304 e. The van der Waals surface area contributed by atoms with Crippen LogP contribution in [0.25, 0.3) is 10.9 Å².